The summed E-state index contributed by atoms with van der Waals surface area (Å²) < 4.78 is 5.45. The minimum atomic E-state index is 0.0563. The van der Waals surface area contributed by atoms with Gasteiger partial charge in [0.1, 0.15) is 0 Å². The van der Waals surface area contributed by atoms with Crippen molar-refractivity contribution in [2.45, 2.75) is 37.8 Å². The average molecular weight is 288 g/mol. The Balaban J connectivity index is 1.65. The van der Waals surface area contributed by atoms with Crippen LogP contribution < -0.4 is 5.32 Å². The normalized spacial score (nSPS) is 27.2. The third-order valence-corrected chi connectivity index (χ3v) is 4.60. The number of nitrogens with zero attached hydrogens (tertiary/aromatic N) is 1. The largest absolute Gasteiger partial charge is 0.379 e. The number of amides is 1. The summed E-state index contributed by atoms with van der Waals surface area (Å²) >= 11 is 0. The SMILES string of the molecule is O=C(N[C@@H]1CCCC[C@H]1N1CCOCC1)c1ccccc1. The van der Waals surface area contributed by atoms with Crippen molar-refractivity contribution in [3.63, 3.8) is 0 Å². The van der Waals surface area contributed by atoms with Crippen molar-refractivity contribution >= 4 is 5.91 Å². The lowest BCUT2D eigenvalue weighted by atomic mass is 9.88. The smallest absolute Gasteiger partial charge is 0.251 e. The molecule has 0 aromatic heterocycles. The molecule has 2 fully saturated rings. The van der Waals surface area contributed by atoms with Gasteiger partial charge in [0.2, 0.25) is 0 Å². The highest BCUT2D eigenvalue weighted by Gasteiger charge is 2.32. The van der Waals surface area contributed by atoms with Gasteiger partial charge in [-0.1, -0.05) is 31.0 Å². The molecule has 1 N–H and O–H groups in total. The van der Waals surface area contributed by atoms with E-state index in [-0.39, 0.29) is 11.9 Å². The van der Waals surface area contributed by atoms with Gasteiger partial charge in [0.15, 0.2) is 0 Å². The van der Waals surface area contributed by atoms with Crippen molar-refractivity contribution in [3.05, 3.63) is 35.9 Å². The molecule has 1 aliphatic heterocycles. The first-order valence-electron chi connectivity index (χ1n) is 8.02. The van der Waals surface area contributed by atoms with Gasteiger partial charge in [-0.2, -0.15) is 0 Å². The predicted molar refractivity (Wildman–Crippen MR) is 82.3 cm³/mol. The van der Waals surface area contributed by atoms with Crippen LogP contribution in [0.5, 0.6) is 0 Å². The Morgan fingerprint density at radius 1 is 1.10 bits per heavy atom. The molecule has 1 saturated carbocycles. The summed E-state index contributed by atoms with van der Waals surface area (Å²) in [5.74, 6) is 0.0563. The summed E-state index contributed by atoms with van der Waals surface area (Å²) in [4.78, 5) is 14.9. The molecule has 0 spiro atoms. The highest BCUT2D eigenvalue weighted by Crippen LogP contribution is 2.24. The van der Waals surface area contributed by atoms with Crippen LogP contribution in [0.25, 0.3) is 0 Å². The summed E-state index contributed by atoms with van der Waals surface area (Å²) in [7, 11) is 0. The minimum Gasteiger partial charge on any atom is -0.379 e. The highest BCUT2D eigenvalue weighted by atomic mass is 16.5. The summed E-state index contributed by atoms with van der Waals surface area (Å²) in [6.07, 6.45) is 4.74. The molecule has 4 nitrogen and oxygen atoms in total. The van der Waals surface area contributed by atoms with E-state index in [0.29, 0.717) is 6.04 Å². The first kappa shape index (κ1) is 14.5. The molecule has 1 aromatic carbocycles. The molecule has 1 heterocycles. The van der Waals surface area contributed by atoms with Gasteiger partial charge in [0, 0.05) is 30.7 Å². The minimum absolute atomic E-state index is 0.0563. The van der Waals surface area contributed by atoms with Crippen LogP contribution in [0.3, 0.4) is 0 Å². The molecule has 0 unspecified atom stereocenters. The van der Waals surface area contributed by atoms with Crippen LogP contribution in [0.4, 0.5) is 0 Å². The fraction of sp³-hybridized carbons (Fsp3) is 0.588. The Morgan fingerprint density at radius 3 is 2.57 bits per heavy atom. The first-order valence-corrected chi connectivity index (χ1v) is 8.02. The zero-order valence-electron chi connectivity index (χ0n) is 12.5. The number of nitrogens with one attached hydrogen (secondary N) is 1. The second-order valence-electron chi connectivity index (χ2n) is 5.95. The molecule has 4 heteroatoms. The maximum atomic E-state index is 12.4. The molecule has 0 bridgehead atoms. The van der Waals surface area contributed by atoms with Gasteiger partial charge in [0.25, 0.3) is 5.91 Å². The molecule has 1 aromatic rings. The average Bonchev–Trinajstić information content (AvgIpc) is 2.57. The van der Waals surface area contributed by atoms with Gasteiger partial charge in [-0.15, -0.1) is 0 Å². The van der Waals surface area contributed by atoms with Crippen molar-refractivity contribution in [2.75, 3.05) is 26.3 Å². The van der Waals surface area contributed by atoms with Gasteiger partial charge in [-0.05, 0) is 25.0 Å². The zero-order valence-corrected chi connectivity index (χ0v) is 12.5. The second kappa shape index (κ2) is 7.05. The number of rotatable bonds is 3. The van der Waals surface area contributed by atoms with Gasteiger partial charge in [0.05, 0.1) is 13.2 Å². The maximum Gasteiger partial charge on any atom is 0.251 e. The van der Waals surface area contributed by atoms with Crippen LogP contribution in [0.1, 0.15) is 36.0 Å². The summed E-state index contributed by atoms with van der Waals surface area (Å²) in [5.41, 5.74) is 0.754. The van der Waals surface area contributed by atoms with E-state index in [2.05, 4.69) is 10.2 Å². The van der Waals surface area contributed by atoms with Gasteiger partial charge in [-0.25, -0.2) is 0 Å². The van der Waals surface area contributed by atoms with E-state index in [1.807, 2.05) is 30.3 Å². The van der Waals surface area contributed by atoms with Crippen molar-refractivity contribution in [3.8, 4) is 0 Å². The fourth-order valence-corrected chi connectivity index (χ4v) is 3.47. The summed E-state index contributed by atoms with van der Waals surface area (Å²) in [6, 6.07) is 10.3. The molecule has 21 heavy (non-hydrogen) atoms. The molecule has 2 aliphatic rings. The third kappa shape index (κ3) is 3.63. The van der Waals surface area contributed by atoms with Crippen molar-refractivity contribution in [1.82, 2.24) is 10.2 Å². The molecular weight excluding hydrogens is 264 g/mol. The van der Waals surface area contributed by atoms with Crippen LogP contribution in [0.15, 0.2) is 30.3 Å². The number of hydrogen-bond donors (Lipinski definition) is 1. The second-order valence-corrected chi connectivity index (χ2v) is 5.95. The summed E-state index contributed by atoms with van der Waals surface area (Å²) in [5, 5.41) is 3.26. The number of ether oxygens (including phenoxy) is 1. The van der Waals surface area contributed by atoms with Crippen LogP contribution >= 0.6 is 0 Å². The highest BCUT2D eigenvalue weighted by molar-refractivity contribution is 5.94. The van der Waals surface area contributed by atoms with E-state index in [1.54, 1.807) is 0 Å². The predicted octanol–water partition coefficient (Wildman–Crippen LogP) is 2.06. The first-order chi connectivity index (χ1) is 10.3. The lowest BCUT2D eigenvalue weighted by Crippen LogP contribution is -2.55. The lowest BCUT2D eigenvalue weighted by Gasteiger charge is -2.41. The van der Waals surface area contributed by atoms with E-state index in [9.17, 15) is 4.79 Å². The van der Waals surface area contributed by atoms with Crippen LogP contribution in [-0.4, -0.2) is 49.2 Å². The van der Waals surface area contributed by atoms with Crippen LogP contribution in [-0.2, 0) is 4.74 Å². The topological polar surface area (TPSA) is 41.6 Å². The lowest BCUT2D eigenvalue weighted by molar-refractivity contribution is 0.000126. The monoisotopic (exact) mass is 288 g/mol. The summed E-state index contributed by atoms with van der Waals surface area (Å²) in [6.45, 7) is 3.61. The Hall–Kier alpha value is -1.39. The van der Waals surface area contributed by atoms with E-state index >= 15 is 0 Å². The number of carbonyl (C=O) groups excluding carboxylic acids is 1. The molecule has 1 amide bonds. The Labute approximate surface area is 126 Å². The molecule has 1 aliphatic carbocycles. The van der Waals surface area contributed by atoms with Gasteiger partial charge >= 0.3 is 0 Å². The molecule has 0 radical (unpaired) electrons. The Kier molecular flexibility index (Phi) is 4.88. The third-order valence-electron chi connectivity index (χ3n) is 4.60. The number of hydrogen-bond acceptors (Lipinski definition) is 3. The standard InChI is InChI=1S/C17H24N2O2/c20-17(14-6-2-1-3-7-14)18-15-8-4-5-9-16(15)19-10-12-21-13-11-19/h1-3,6-7,15-16H,4-5,8-13H2,(H,18,20)/t15-,16-/m1/s1. The molecule has 3 rings (SSSR count). The van der Waals surface area contributed by atoms with Gasteiger partial charge in [-0.3, -0.25) is 9.69 Å². The fourth-order valence-electron chi connectivity index (χ4n) is 3.47. The van der Waals surface area contributed by atoms with E-state index in [1.165, 1.54) is 19.3 Å². The quantitative estimate of drug-likeness (QED) is 0.925. The molecule has 114 valence electrons. The van der Waals surface area contributed by atoms with Crippen LogP contribution in [0, 0.1) is 0 Å². The Bertz CT molecular complexity index is 457. The van der Waals surface area contributed by atoms with Crippen molar-refractivity contribution in [2.24, 2.45) is 0 Å². The number of carbonyl (C=O) groups is 1. The molecule has 1 saturated heterocycles. The van der Waals surface area contributed by atoms with Crippen molar-refractivity contribution in [1.29, 1.82) is 0 Å². The number of benzene rings is 1. The molecule has 2 atom stereocenters. The van der Waals surface area contributed by atoms with E-state index in [4.69, 9.17) is 4.74 Å². The van der Waals surface area contributed by atoms with E-state index < -0.39 is 0 Å². The van der Waals surface area contributed by atoms with Gasteiger partial charge < -0.3 is 10.1 Å². The molecular formula is C17H24N2O2. The van der Waals surface area contributed by atoms with E-state index in [0.717, 1.165) is 38.3 Å². The number of morpholine rings is 1. The van der Waals surface area contributed by atoms with Crippen molar-refractivity contribution < 1.29 is 9.53 Å². The zero-order chi connectivity index (χ0) is 14.5. The Morgan fingerprint density at radius 2 is 1.81 bits per heavy atom. The van der Waals surface area contributed by atoms with Crippen LogP contribution in [0.2, 0.25) is 0 Å². The maximum absolute atomic E-state index is 12.4.